The standard InChI is InChI=1S/C20H23ClN2O.ClH/c1-14(17-9-5-6-10-18(17)21)23(16-11-12-16)20(24)13-19(22)15-7-3-2-4-8-15;/h2-10,14,16,19H,11-13,22H2,1H3;1H. The maximum absolute atomic E-state index is 12.9. The van der Waals surface area contributed by atoms with Gasteiger partial charge in [-0.3, -0.25) is 4.79 Å². The molecule has 0 spiro atoms. The third-order valence-corrected chi connectivity index (χ3v) is 4.97. The Morgan fingerprint density at radius 2 is 1.76 bits per heavy atom. The molecule has 2 unspecified atom stereocenters. The summed E-state index contributed by atoms with van der Waals surface area (Å²) in [5, 5.41) is 0.704. The molecule has 1 aliphatic carbocycles. The summed E-state index contributed by atoms with van der Waals surface area (Å²) in [6, 6.07) is 17.5. The Morgan fingerprint density at radius 1 is 1.16 bits per heavy atom. The minimum atomic E-state index is -0.279. The maximum atomic E-state index is 12.9. The van der Waals surface area contributed by atoms with Crippen LogP contribution in [0, 0.1) is 0 Å². The van der Waals surface area contributed by atoms with Gasteiger partial charge in [-0.2, -0.15) is 0 Å². The van der Waals surface area contributed by atoms with Crippen LogP contribution in [0.15, 0.2) is 54.6 Å². The molecule has 0 heterocycles. The summed E-state index contributed by atoms with van der Waals surface area (Å²) in [4.78, 5) is 14.9. The summed E-state index contributed by atoms with van der Waals surface area (Å²) in [6.07, 6.45) is 2.43. The lowest BCUT2D eigenvalue weighted by atomic mass is 10.0. The quantitative estimate of drug-likeness (QED) is 0.776. The number of hydrogen-bond donors (Lipinski definition) is 1. The second-order valence-corrected chi connectivity index (χ2v) is 6.86. The smallest absolute Gasteiger partial charge is 0.225 e. The van der Waals surface area contributed by atoms with E-state index in [-0.39, 0.29) is 30.4 Å². The van der Waals surface area contributed by atoms with Crippen molar-refractivity contribution < 1.29 is 4.79 Å². The van der Waals surface area contributed by atoms with Gasteiger partial charge in [0.05, 0.1) is 6.04 Å². The van der Waals surface area contributed by atoms with Gasteiger partial charge < -0.3 is 10.6 Å². The first kappa shape index (κ1) is 19.8. The minimum Gasteiger partial charge on any atom is -0.333 e. The molecule has 2 atom stereocenters. The molecule has 2 N–H and O–H groups in total. The van der Waals surface area contributed by atoms with Crippen LogP contribution in [0.3, 0.4) is 0 Å². The highest BCUT2D eigenvalue weighted by atomic mass is 35.5. The zero-order valence-electron chi connectivity index (χ0n) is 14.3. The Morgan fingerprint density at radius 3 is 2.36 bits per heavy atom. The predicted octanol–water partition coefficient (Wildman–Crippen LogP) is 4.90. The van der Waals surface area contributed by atoms with Crippen LogP contribution in [0.25, 0.3) is 0 Å². The highest BCUT2D eigenvalue weighted by Crippen LogP contribution is 2.37. The van der Waals surface area contributed by atoms with Gasteiger partial charge >= 0.3 is 0 Å². The zero-order valence-corrected chi connectivity index (χ0v) is 15.8. The molecule has 3 nitrogen and oxygen atoms in total. The van der Waals surface area contributed by atoms with Crippen LogP contribution in [-0.2, 0) is 4.79 Å². The topological polar surface area (TPSA) is 46.3 Å². The molecule has 1 amide bonds. The van der Waals surface area contributed by atoms with Crippen molar-refractivity contribution >= 4 is 29.9 Å². The number of rotatable bonds is 6. The van der Waals surface area contributed by atoms with E-state index in [1.807, 2.05) is 66.4 Å². The Labute approximate surface area is 160 Å². The van der Waals surface area contributed by atoms with E-state index < -0.39 is 0 Å². The Hall–Kier alpha value is -1.55. The number of carbonyl (C=O) groups is 1. The first-order chi connectivity index (χ1) is 11.6. The molecular weight excluding hydrogens is 355 g/mol. The Kier molecular flexibility index (Phi) is 6.88. The molecule has 0 radical (unpaired) electrons. The molecule has 5 heteroatoms. The zero-order chi connectivity index (χ0) is 17.1. The van der Waals surface area contributed by atoms with Crippen LogP contribution in [0.4, 0.5) is 0 Å². The van der Waals surface area contributed by atoms with Crippen LogP contribution in [0.5, 0.6) is 0 Å². The maximum Gasteiger partial charge on any atom is 0.225 e. The van der Waals surface area contributed by atoms with Crippen LogP contribution in [0.1, 0.15) is 49.4 Å². The Balaban J connectivity index is 0.00000225. The number of benzene rings is 2. The third-order valence-electron chi connectivity index (χ3n) is 4.62. The largest absolute Gasteiger partial charge is 0.333 e. The van der Waals surface area contributed by atoms with Gasteiger partial charge in [0.25, 0.3) is 0 Å². The number of nitrogens with two attached hydrogens (primary N) is 1. The first-order valence-electron chi connectivity index (χ1n) is 8.44. The third kappa shape index (κ3) is 4.75. The van der Waals surface area contributed by atoms with Crippen molar-refractivity contribution in [1.82, 2.24) is 4.90 Å². The van der Waals surface area contributed by atoms with E-state index >= 15 is 0 Å². The molecule has 1 saturated carbocycles. The molecule has 134 valence electrons. The summed E-state index contributed by atoms with van der Waals surface area (Å²) in [5.74, 6) is 0.0984. The molecule has 3 rings (SSSR count). The number of amides is 1. The lowest BCUT2D eigenvalue weighted by molar-refractivity contribution is -0.134. The summed E-state index contributed by atoms with van der Waals surface area (Å²) >= 11 is 6.33. The molecule has 0 aromatic heterocycles. The molecule has 0 aliphatic heterocycles. The fourth-order valence-corrected chi connectivity index (χ4v) is 3.46. The van der Waals surface area contributed by atoms with Gasteiger partial charge in [-0.05, 0) is 37.0 Å². The second kappa shape index (κ2) is 8.70. The van der Waals surface area contributed by atoms with Gasteiger partial charge in [-0.25, -0.2) is 0 Å². The van der Waals surface area contributed by atoms with Gasteiger partial charge in [-0.15, -0.1) is 12.4 Å². The van der Waals surface area contributed by atoms with Crippen molar-refractivity contribution in [3.63, 3.8) is 0 Å². The average molecular weight is 379 g/mol. The van der Waals surface area contributed by atoms with E-state index in [0.29, 0.717) is 17.5 Å². The summed E-state index contributed by atoms with van der Waals surface area (Å²) in [6.45, 7) is 2.05. The summed E-state index contributed by atoms with van der Waals surface area (Å²) < 4.78 is 0. The summed E-state index contributed by atoms with van der Waals surface area (Å²) in [5.41, 5.74) is 8.24. The SMILES string of the molecule is CC(c1ccccc1Cl)N(C(=O)CC(N)c1ccccc1)C1CC1.Cl. The van der Waals surface area contributed by atoms with Crippen molar-refractivity contribution in [3.05, 3.63) is 70.7 Å². The molecule has 1 fully saturated rings. The van der Waals surface area contributed by atoms with Gasteiger partial charge in [0, 0.05) is 23.5 Å². The molecule has 2 aromatic rings. The van der Waals surface area contributed by atoms with Crippen LogP contribution < -0.4 is 5.73 Å². The van der Waals surface area contributed by atoms with Crippen molar-refractivity contribution in [2.24, 2.45) is 5.73 Å². The van der Waals surface area contributed by atoms with Crippen molar-refractivity contribution in [2.45, 2.75) is 44.3 Å². The highest BCUT2D eigenvalue weighted by Gasteiger charge is 2.37. The fourth-order valence-electron chi connectivity index (χ4n) is 3.16. The van der Waals surface area contributed by atoms with Crippen molar-refractivity contribution in [3.8, 4) is 0 Å². The molecule has 1 aliphatic rings. The number of halogens is 2. The van der Waals surface area contributed by atoms with Crippen molar-refractivity contribution in [2.75, 3.05) is 0 Å². The monoisotopic (exact) mass is 378 g/mol. The number of hydrogen-bond acceptors (Lipinski definition) is 2. The predicted molar refractivity (Wildman–Crippen MR) is 105 cm³/mol. The molecule has 2 aromatic carbocycles. The molecule has 0 saturated heterocycles. The second-order valence-electron chi connectivity index (χ2n) is 6.45. The number of nitrogens with zero attached hydrogens (tertiary/aromatic N) is 1. The van der Waals surface area contributed by atoms with E-state index in [4.69, 9.17) is 17.3 Å². The fraction of sp³-hybridized carbons (Fsp3) is 0.350. The highest BCUT2D eigenvalue weighted by molar-refractivity contribution is 6.31. The van der Waals surface area contributed by atoms with Crippen LogP contribution >= 0.6 is 24.0 Å². The molecule has 0 bridgehead atoms. The normalized spacial score (nSPS) is 15.8. The average Bonchev–Trinajstić information content (AvgIpc) is 3.41. The minimum absolute atomic E-state index is 0. The van der Waals surface area contributed by atoms with Gasteiger partial charge in [-0.1, -0.05) is 60.1 Å². The molecular formula is C20H24Cl2N2O. The Bertz CT molecular complexity index is 704. The van der Waals surface area contributed by atoms with Gasteiger partial charge in [0.1, 0.15) is 0 Å². The van der Waals surface area contributed by atoms with E-state index in [1.165, 1.54) is 0 Å². The van der Waals surface area contributed by atoms with Crippen molar-refractivity contribution in [1.29, 1.82) is 0 Å². The van der Waals surface area contributed by atoms with Gasteiger partial charge in [0.2, 0.25) is 5.91 Å². The summed E-state index contributed by atoms with van der Waals surface area (Å²) in [7, 11) is 0. The van der Waals surface area contributed by atoms with E-state index in [0.717, 1.165) is 24.0 Å². The molecule has 25 heavy (non-hydrogen) atoms. The van der Waals surface area contributed by atoms with Crippen LogP contribution in [0.2, 0.25) is 5.02 Å². The van der Waals surface area contributed by atoms with E-state index in [9.17, 15) is 4.79 Å². The lowest BCUT2D eigenvalue weighted by Crippen LogP contribution is -2.37. The van der Waals surface area contributed by atoms with Gasteiger partial charge in [0.15, 0.2) is 0 Å². The first-order valence-corrected chi connectivity index (χ1v) is 8.82. The van der Waals surface area contributed by atoms with E-state index in [2.05, 4.69) is 0 Å². The van der Waals surface area contributed by atoms with E-state index in [1.54, 1.807) is 0 Å². The van der Waals surface area contributed by atoms with Crippen LogP contribution in [-0.4, -0.2) is 16.8 Å². The number of carbonyl (C=O) groups excluding carboxylic acids is 1. The lowest BCUT2D eigenvalue weighted by Gasteiger charge is -2.31.